The molecule has 4 amide bonds. The first-order valence-corrected chi connectivity index (χ1v) is 8.54. The van der Waals surface area contributed by atoms with Crippen LogP contribution in [0.5, 0.6) is 0 Å². The van der Waals surface area contributed by atoms with E-state index in [4.69, 9.17) is 0 Å². The van der Waals surface area contributed by atoms with E-state index in [-0.39, 0.29) is 12.5 Å². The molecule has 1 atom stereocenters. The highest BCUT2D eigenvalue weighted by Gasteiger charge is 2.47. The standard InChI is InChI=1S/C15H20N4O3S/c1-3-15(2)13(21)19(14(22)16-15)17-12(20)9-18-6-4-11-10(8-18)5-7-23-11/h5,7H,3-4,6,8-9H2,1-2H3,(H,16,22)(H,17,20)/t15-/m0/s1. The number of fused-ring (bicyclic) bond motifs is 1. The Hall–Kier alpha value is -1.93. The molecule has 2 aliphatic heterocycles. The van der Waals surface area contributed by atoms with Crippen molar-refractivity contribution in [3.05, 3.63) is 21.9 Å². The first-order chi connectivity index (χ1) is 10.9. The number of imide groups is 1. The quantitative estimate of drug-likeness (QED) is 0.799. The number of nitrogens with one attached hydrogen (secondary N) is 2. The van der Waals surface area contributed by atoms with Crippen LogP contribution in [0.1, 0.15) is 30.7 Å². The van der Waals surface area contributed by atoms with E-state index in [9.17, 15) is 14.4 Å². The van der Waals surface area contributed by atoms with Gasteiger partial charge in [0.15, 0.2) is 0 Å². The second kappa shape index (κ2) is 5.93. The molecule has 23 heavy (non-hydrogen) atoms. The molecular formula is C15H20N4O3S. The summed E-state index contributed by atoms with van der Waals surface area (Å²) in [6.45, 7) is 5.15. The monoisotopic (exact) mass is 336 g/mol. The molecule has 1 saturated heterocycles. The molecule has 124 valence electrons. The summed E-state index contributed by atoms with van der Waals surface area (Å²) < 4.78 is 0. The Morgan fingerprint density at radius 1 is 1.48 bits per heavy atom. The van der Waals surface area contributed by atoms with Crippen LogP contribution in [0.3, 0.4) is 0 Å². The third-order valence-electron chi connectivity index (χ3n) is 4.46. The maximum absolute atomic E-state index is 12.2. The molecule has 3 heterocycles. The summed E-state index contributed by atoms with van der Waals surface area (Å²) in [5.74, 6) is -0.773. The minimum Gasteiger partial charge on any atom is -0.322 e. The molecule has 0 spiro atoms. The number of carbonyl (C=O) groups excluding carboxylic acids is 3. The summed E-state index contributed by atoms with van der Waals surface area (Å²) in [6.07, 6.45) is 1.40. The second-order valence-electron chi connectivity index (χ2n) is 6.12. The van der Waals surface area contributed by atoms with E-state index in [1.54, 1.807) is 18.3 Å². The second-order valence-corrected chi connectivity index (χ2v) is 7.12. The predicted octanol–water partition coefficient (Wildman–Crippen LogP) is 0.858. The summed E-state index contributed by atoms with van der Waals surface area (Å²) in [6, 6.07) is 1.50. The van der Waals surface area contributed by atoms with Crippen LogP contribution in [0.25, 0.3) is 0 Å². The number of nitrogens with zero attached hydrogens (tertiary/aromatic N) is 2. The summed E-state index contributed by atoms with van der Waals surface area (Å²) in [4.78, 5) is 39.7. The number of urea groups is 1. The van der Waals surface area contributed by atoms with Crippen molar-refractivity contribution in [1.29, 1.82) is 0 Å². The molecule has 3 rings (SSSR count). The lowest BCUT2D eigenvalue weighted by Gasteiger charge is -2.27. The fraction of sp³-hybridized carbons (Fsp3) is 0.533. The van der Waals surface area contributed by atoms with E-state index < -0.39 is 17.5 Å². The number of hydrogen-bond donors (Lipinski definition) is 2. The third kappa shape index (κ3) is 2.96. The van der Waals surface area contributed by atoms with Crippen LogP contribution in [0, 0.1) is 0 Å². The largest absolute Gasteiger partial charge is 0.344 e. The van der Waals surface area contributed by atoms with Gasteiger partial charge in [0.1, 0.15) is 5.54 Å². The summed E-state index contributed by atoms with van der Waals surface area (Å²) in [5, 5.41) is 5.47. The van der Waals surface area contributed by atoms with Gasteiger partial charge in [-0.1, -0.05) is 6.92 Å². The number of rotatable bonds is 4. The van der Waals surface area contributed by atoms with Crippen molar-refractivity contribution in [3.63, 3.8) is 0 Å². The lowest BCUT2D eigenvalue weighted by Crippen LogP contribution is -2.51. The van der Waals surface area contributed by atoms with Crippen LogP contribution in [0.15, 0.2) is 11.4 Å². The summed E-state index contributed by atoms with van der Waals surface area (Å²) >= 11 is 1.74. The number of hydrazine groups is 1. The normalized spacial score (nSPS) is 24.5. The lowest BCUT2D eigenvalue weighted by molar-refractivity contribution is -0.139. The molecule has 1 aromatic heterocycles. The topological polar surface area (TPSA) is 81.8 Å². The average Bonchev–Trinajstić information content (AvgIpc) is 3.06. The fourth-order valence-corrected chi connectivity index (χ4v) is 3.72. The van der Waals surface area contributed by atoms with Crippen LogP contribution in [-0.2, 0) is 22.6 Å². The van der Waals surface area contributed by atoms with E-state index in [1.807, 2.05) is 11.8 Å². The van der Waals surface area contributed by atoms with Gasteiger partial charge in [-0.2, -0.15) is 5.01 Å². The van der Waals surface area contributed by atoms with E-state index in [0.717, 1.165) is 24.5 Å². The third-order valence-corrected chi connectivity index (χ3v) is 5.48. The Labute approximate surface area is 138 Å². The van der Waals surface area contributed by atoms with Crippen LogP contribution < -0.4 is 10.7 Å². The van der Waals surface area contributed by atoms with Gasteiger partial charge in [0.2, 0.25) is 0 Å². The van der Waals surface area contributed by atoms with Crippen LogP contribution in [-0.4, -0.2) is 46.4 Å². The van der Waals surface area contributed by atoms with Crippen molar-refractivity contribution in [2.45, 2.75) is 38.8 Å². The van der Waals surface area contributed by atoms with Crippen LogP contribution in [0.4, 0.5) is 4.79 Å². The first kappa shape index (κ1) is 15.9. The maximum Gasteiger partial charge on any atom is 0.344 e. The van der Waals surface area contributed by atoms with E-state index >= 15 is 0 Å². The molecular weight excluding hydrogens is 316 g/mol. The Bertz CT molecular complexity index is 659. The van der Waals surface area contributed by atoms with Crippen molar-refractivity contribution >= 4 is 29.2 Å². The van der Waals surface area contributed by atoms with E-state index in [0.29, 0.717) is 6.42 Å². The average molecular weight is 336 g/mol. The van der Waals surface area contributed by atoms with Crippen LogP contribution >= 0.6 is 11.3 Å². The van der Waals surface area contributed by atoms with Gasteiger partial charge in [-0.3, -0.25) is 19.9 Å². The molecule has 7 nitrogen and oxygen atoms in total. The zero-order valence-electron chi connectivity index (χ0n) is 13.2. The number of thiophene rings is 1. The smallest absolute Gasteiger partial charge is 0.322 e. The SMILES string of the molecule is CC[C@]1(C)NC(=O)N(NC(=O)CN2CCc3sccc3C2)C1=O. The van der Waals surface area contributed by atoms with Gasteiger partial charge in [-0.15, -0.1) is 11.3 Å². The van der Waals surface area contributed by atoms with Crippen molar-refractivity contribution in [3.8, 4) is 0 Å². The molecule has 0 radical (unpaired) electrons. The van der Waals surface area contributed by atoms with Gasteiger partial charge < -0.3 is 5.32 Å². The van der Waals surface area contributed by atoms with Gasteiger partial charge in [0.25, 0.3) is 11.8 Å². The fourth-order valence-electron chi connectivity index (χ4n) is 2.83. The molecule has 8 heteroatoms. The minimum atomic E-state index is -0.943. The van der Waals surface area contributed by atoms with Gasteiger partial charge in [0.05, 0.1) is 6.54 Å². The van der Waals surface area contributed by atoms with Gasteiger partial charge >= 0.3 is 6.03 Å². The summed E-state index contributed by atoms with van der Waals surface area (Å²) in [7, 11) is 0. The predicted molar refractivity (Wildman–Crippen MR) is 85.5 cm³/mol. The molecule has 0 aromatic carbocycles. The Balaban J connectivity index is 1.58. The van der Waals surface area contributed by atoms with Crippen molar-refractivity contribution < 1.29 is 14.4 Å². The molecule has 1 aromatic rings. The highest BCUT2D eigenvalue weighted by atomic mass is 32.1. The summed E-state index contributed by atoms with van der Waals surface area (Å²) in [5.41, 5.74) is 2.74. The van der Waals surface area contributed by atoms with Crippen molar-refractivity contribution in [1.82, 2.24) is 20.7 Å². The van der Waals surface area contributed by atoms with Gasteiger partial charge in [-0.05, 0) is 36.8 Å². The first-order valence-electron chi connectivity index (χ1n) is 7.67. The Kier molecular flexibility index (Phi) is 4.11. The van der Waals surface area contributed by atoms with Crippen molar-refractivity contribution in [2.24, 2.45) is 0 Å². The number of hydrogen-bond acceptors (Lipinski definition) is 5. The molecule has 0 unspecified atom stereocenters. The highest BCUT2D eigenvalue weighted by Crippen LogP contribution is 2.24. The molecule has 0 saturated carbocycles. The highest BCUT2D eigenvalue weighted by molar-refractivity contribution is 7.10. The van der Waals surface area contributed by atoms with Crippen LogP contribution in [0.2, 0.25) is 0 Å². The molecule has 2 N–H and O–H groups in total. The Morgan fingerprint density at radius 2 is 2.26 bits per heavy atom. The molecule has 1 fully saturated rings. The van der Waals surface area contributed by atoms with E-state index in [1.165, 1.54) is 10.4 Å². The maximum atomic E-state index is 12.2. The zero-order chi connectivity index (χ0) is 16.6. The number of carbonyl (C=O) groups is 3. The molecule has 0 bridgehead atoms. The van der Waals surface area contributed by atoms with Crippen molar-refractivity contribution in [2.75, 3.05) is 13.1 Å². The Morgan fingerprint density at radius 3 is 2.96 bits per heavy atom. The van der Waals surface area contributed by atoms with Gasteiger partial charge in [0, 0.05) is 18.0 Å². The minimum absolute atomic E-state index is 0.162. The lowest BCUT2D eigenvalue weighted by atomic mass is 10.00. The molecule has 2 aliphatic rings. The van der Waals surface area contributed by atoms with Gasteiger partial charge in [-0.25, -0.2) is 4.79 Å². The molecule has 0 aliphatic carbocycles. The van der Waals surface area contributed by atoms with E-state index in [2.05, 4.69) is 22.2 Å². The number of amides is 4. The zero-order valence-corrected chi connectivity index (χ0v) is 14.0.